The average molecular weight is 462 g/mol. The van der Waals surface area contributed by atoms with Crippen molar-refractivity contribution in [1.82, 2.24) is 9.97 Å². The van der Waals surface area contributed by atoms with Gasteiger partial charge in [-0.05, 0) is 55.5 Å². The van der Waals surface area contributed by atoms with Crippen LogP contribution in [-0.4, -0.2) is 35.0 Å². The highest BCUT2D eigenvalue weighted by atomic mass is 16.5. The Balaban J connectivity index is 1.58. The van der Waals surface area contributed by atoms with Gasteiger partial charge in [-0.2, -0.15) is 0 Å². The van der Waals surface area contributed by atoms with Gasteiger partial charge in [-0.1, -0.05) is 30.3 Å². The Morgan fingerprint density at radius 3 is 2.44 bits per heavy atom. The van der Waals surface area contributed by atoms with Crippen LogP contribution in [0.4, 0.5) is 11.6 Å². The summed E-state index contributed by atoms with van der Waals surface area (Å²) < 4.78 is 10.8. The Bertz CT molecular complexity index is 1170. The predicted molar refractivity (Wildman–Crippen MR) is 128 cm³/mol. The highest BCUT2D eigenvalue weighted by Crippen LogP contribution is 2.40. The third kappa shape index (κ3) is 4.63. The third-order valence-corrected chi connectivity index (χ3v) is 6.14. The van der Waals surface area contributed by atoms with Gasteiger partial charge in [-0.15, -0.1) is 0 Å². The molecule has 9 heteroatoms. The van der Waals surface area contributed by atoms with Gasteiger partial charge in [0, 0.05) is 6.04 Å². The van der Waals surface area contributed by atoms with E-state index in [9.17, 15) is 9.59 Å². The number of para-hydroxylation sites is 1. The molecule has 4 rings (SSSR count). The van der Waals surface area contributed by atoms with Gasteiger partial charge in [0.2, 0.25) is 5.91 Å². The lowest BCUT2D eigenvalue weighted by Gasteiger charge is -2.36. The van der Waals surface area contributed by atoms with Gasteiger partial charge in [0.05, 0.1) is 12.7 Å². The zero-order chi connectivity index (χ0) is 24.1. The molecule has 0 aliphatic heterocycles. The SMILES string of the molecule is COC(=O)[C@@]1(C(N)=O)CCC[C@H](Nc2ncnc(N)c2-c2ccc(Oc3ccccc3)cc2)C1. The number of nitrogens with zero attached hydrogens (tertiary/aromatic N) is 2. The summed E-state index contributed by atoms with van der Waals surface area (Å²) >= 11 is 0. The number of nitrogens with two attached hydrogens (primary N) is 2. The number of primary amides is 1. The minimum atomic E-state index is -1.36. The van der Waals surface area contributed by atoms with Crippen molar-refractivity contribution in [1.29, 1.82) is 0 Å². The van der Waals surface area contributed by atoms with Gasteiger partial charge in [-0.25, -0.2) is 9.97 Å². The first-order valence-corrected chi connectivity index (χ1v) is 11.0. The fraction of sp³-hybridized carbons (Fsp3) is 0.280. The number of anilines is 2. The molecule has 3 aromatic rings. The van der Waals surface area contributed by atoms with E-state index in [0.717, 1.165) is 17.7 Å². The first-order chi connectivity index (χ1) is 16.4. The molecule has 5 N–H and O–H groups in total. The Labute approximate surface area is 197 Å². The third-order valence-electron chi connectivity index (χ3n) is 6.14. The Morgan fingerprint density at radius 1 is 1.06 bits per heavy atom. The van der Waals surface area contributed by atoms with E-state index in [4.69, 9.17) is 20.9 Å². The molecular weight excluding hydrogens is 434 g/mol. The molecule has 1 aliphatic carbocycles. The number of rotatable bonds is 7. The van der Waals surface area contributed by atoms with Crippen LogP contribution in [0.3, 0.4) is 0 Å². The Morgan fingerprint density at radius 2 is 1.76 bits per heavy atom. The highest BCUT2D eigenvalue weighted by molar-refractivity contribution is 6.02. The molecule has 1 heterocycles. The number of aromatic nitrogens is 2. The van der Waals surface area contributed by atoms with E-state index in [1.165, 1.54) is 13.4 Å². The topological polar surface area (TPSA) is 142 Å². The zero-order valence-corrected chi connectivity index (χ0v) is 18.9. The molecule has 0 saturated heterocycles. The molecule has 2 aromatic carbocycles. The number of hydrogen-bond acceptors (Lipinski definition) is 8. The van der Waals surface area contributed by atoms with E-state index < -0.39 is 17.3 Å². The minimum Gasteiger partial charge on any atom is -0.468 e. The maximum absolute atomic E-state index is 12.4. The summed E-state index contributed by atoms with van der Waals surface area (Å²) in [6.45, 7) is 0. The van der Waals surface area contributed by atoms with Crippen molar-refractivity contribution in [2.75, 3.05) is 18.2 Å². The summed E-state index contributed by atoms with van der Waals surface area (Å²) in [7, 11) is 1.26. The van der Waals surface area contributed by atoms with E-state index in [1.54, 1.807) is 0 Å². The van der Waals surface area contributed by atoms with E-state index >= 15 is 0 Å². The molecule has 1 saturated carbocycles. The lowest BCUT2D eigenvalue weighted by Crippen LogP contribution is -2.50. The van der Waals surface area contributed by atoms with Gasteiger partial charge in [-0.3, -0.25) is 9.59 Å². The lowest BCUT2D eigenvalue weighted by molar-refractivity contribution is -0.160. The average Bonchev–Trinajstić information content (AvgIpc) is 2.85. The minimum absolute atomic E-state index is 0.211. The van der Waals surface area contributed by atoms with E-state index in [2.05, 4.69) is 15.3 Å². The summed E-state index contributed by atoms with van der Waals surface area (Å²) in [5.41, 5.74) is 11.9. The molecule has 2 atom stereocenters. The van der Waals surface area contributed by atoms with Crippen LogP contribution < -0.4 is 21.5 Å². The van der Waals surface area contributed by atoms with Gasteiger partial charge in [0.15, 0.2) is 0 Å². The molecule has 1 fully saturated rings. The lowest BCUT2D eigenvalue weighted by atomic mass is 9.71. The molecule has 1 aromatic heterocycles. The number of carbonyl (C=O) groups is 2. The largest absolute Gasteiger partial charge is 0.468 e. The van der Waals surface area contributed by atoms with Crippen molar-refractivity contribution in [2.24, 2.45) is 11.1 Å². The molecular formula is C25H27N5O4. The van der Waals surface area contributed by atoms with Gasteiger partial charge in [0.1, 0.15) is 34.9 Å². The van der Waals surface area contributed by atoms with Crippen molar-refractivity contribution in [2.45, 2.75) is 31.7 Å². The fourth-order valence-corrected chi connectivity index (χ4v) is 4.40. The Kier molecular flexibility index (Phi) is 6.62. The summed E-state index contributed by atoms with van der Waals surface area (Å²) in [6, 6.07) is 16.7. The molecule has 0 bridgehead atoms. The van der Waals surface area contributed by atoms with Crippen molar-refractivity contribution < 1.29 is 19.1 Å². The number of nitrogen functional groups attached to an aromatic ring is 1. The van der Waals surface area contributed by atoms with Crippen LogP contribution in [0.25, 0.3) is 11.1 Å². The van der Waals surface area contributed by atoms with Crippen LogP contribution in [0.2, 0.25) is 0 Å². The summed E-state index contributed by atoms with van der Waals surface area (Å²) in [4.78, 5) is 33.2. The van der Waals surface area contributed by atoms with Gasteiger partial charge >= 0.3 is 5.97 Å². The van der Waals surface area contributed by atoms with Crippen LogP contribution in [-0.2, 0) is 14.3 Å². The van der Waals surface area contributed by atoms with E-state index in [0.29, 0.717) is 35.8 Å². The second kappa shape index (κ2) is 9.78. The number of hydrogen-bond donors (Lipinski definition) is 3. The zero-order valence-electron chi connectivity index (χ0n) is 18.9. The maximum Gasteiger partial charge on any atom is 0.321 e. The normalized spacial score (nSPS) is 19.7. The fourth-order valence-electron chi connectivity index (χ4n) is 4.40. The molecule has 0 unspecified atom stereocenters. The summed E-state index contributed by atoms with van der Waals surface area (Å²) in [5.74, 6) is 0.946. The number of methoxy groups -OCH3 is 1. The smallest absolute Gasteiger partial charge is 0.321 e. The number of esters is 1. The van der Waals surface area contributed by atoms with Gasteiger partial charge < -0.3 is 26.3 Å². The van der Waals surface area contributed by atoms with Crippen molar-refractivity contribution in [3.8, 4) is 22.6 Å². The molecule has 1 aliphatic rings. The van der Waals surface area contributed by atoms with Crippen LogP contribution in [0.5, 0.6) is 11.5 Å². The quantitative estimate of drug-likeness (QED) is 0.358. The maximum atomic E-state index is 12.4. The molecule has 0 spiro atoms. The monoisotopic (exact) mass is 461 g/mol. The molecule has 34 heavy (non-hydrogen) atoms. The summed E-state index contributed by atoms with van der Waals surface area (Å²) in [6.07, 6.45) is 3.31. The number of carbonyl (C=O) groups excluding carboxylic acids is 2. The van der Waals surface area contributed by atoms with E-state index in [1.807, 2.05) is 54.6 Å². The van der Waals surface area contributed by atoms with Crippen molar-refractivity contribution in [3.63, 3.8) is 0 Å². The first kappa shape index (κ1) is 23.0. The van der Waals surface area contributed by atoms with Crippen LogP contribution in [0.1, 0.15) is 25.7 Å². The molecule has 1 amide bonds. The molecule has 176 valence electrons. The number of benzene rings is 2. The van der Waals surface area contributed by atoms with Crippen molar-refractivity contribution >= 4 is 23.5 Å². The second-order valence-corrected chi connectivity index (χ2v) is 8.30. The number of ether oxygens (including phenoxy) is 2. The molecule has 0 radical (unpaired) electrons. The first-order valence-electron chi connectivity index (χ1n) is 11.0. The van der Waals surface area contributed by atoms with E-state index in [-0.39, 0.29) is 12.5 Å². The van der Waals surface area contributed by atoms with Gasteiger partial charge in [0.25, 0.3) is 0 Å². The standard InChI is InChI=1S/C25H27N5O4/c1-33-24(32)25(23(27)31)13-5-6-17(14-25)30-22-20(21(26)28-15-29-22)16-9-11-19(12-10-16)34-18-7-3-2-4-8-18/h2-4,7-12,15,17H,5-6,13-14H2,1H3,(H2,27,31)(H3,26,28,29,30)/t17-,25-/m0/s1. The van der Waals surface area contributed by atoms with Crippen LogP contribution in [0, 0.1) is 5.41 Å². The summed E-state index contributed by atoms with van der Waals surface area (Å²) in [5, 5.41) is 3.35. The van der Waals surface area contributed by atoms with Crippen LogP contribution in [0.15, 0.2) is 60.9 Å². The highest BCUT2D eigenvalue weighted by Gasteiger charge is 2.49. The predicted octanol–water partition coefficient (Wildman–Crippen LogP) is 3.52. The second-order valence-electron chi connectivity index (χ2n) is 8.30. The van der Waals surface area contributed by atoms with Crippen molar-refractivity contribution in [3.05, 3.63) is 60.9 Å². The van der Waals surface area contributed by atoms with Crippen LogP contribution >= 0.6 is 0 Å². The Hall–Kier alpha value is -4.14. The molecule has 9 nitrogen and oxygen atoms in total. The number of amides is 1. The number of nitrogens with one attached hydrogen (secondary N) is 1.